The summed E-state index contributed by atoms with van der Waals surface area (Å²) >= 11 is 0. The minimum absolute atomic E-state index is 0.0589. The van der Waals surface area contributed by atoms with Crippen molar-refractivity contribution >= 4 is 6.09 Å². The van der Waals surface area contributed by atoms with Crippen molar-refractivity contribution in [2.24, 2.45) is 0 Å². The summed E-state index contributed by atoms with van der Waals surface area (Å²) in [5.41, 5.74) is -2.71. The molecule has 1 aliphatic rings. The highest BCUT2D eigenvalue weighted by molar-refractivity contribution is 5.68. The topological polar surface area (TPSA) is 49.8 Å². The molecule has 1 heterocycles. The van der Waals surface area contributed by atoms with Gasteiger partial charge in [-0.2, -0.15) is 13.2 Å². The molecule has 2 atom stereocenters. The molecule has 0 aromatic heterocycles. The number of carbonyl (C=O) groups excluding carboxylic acids is 1. The van der Waals surface area contributed by atoms with Gasteiger partial charge in [0.2, 0.25) is 0 Å². The minimum Gasteiger partial charge on any atom is -0.445 e. The highest BCUT2D eigenvalue weighted by Crippen LogP contribution is 2.40. The summed E-state index contributed by atoms with van der Waals surface area (Å²) in [6, 6.07) is 8.69. The second-order valence-electron chi connectivity index (χ2n) is 5.13. The lowest BCUT2D eigenvalue weighted by Gasteiger charge is -2.40. The molecule has 1 aromatic carbocycles. The fraction of sp³-hybridized carbons (Fsp3) is 0.500. The largest absolute Gasteiger partial charge is 0.445 e. The number of piperidine rings is 1. The van der Waals surface area contributed by atoms with Gasteiger partial charge in [-0.25, -0.2) is 9.18 Å². The standard InChI is InChI=1S/C14H15F4NO3/c15-11-8-19(7-6-13(11,21)14(16,17)18)12(20)22-9-10-4-2-1-3-5-10/h1-5,11,21H,6-9H2/t11-,13-/m1/s1. The lowest BCUT2D eigenvalue weighted by atomic mass is 9.89. The number of hydrogen-bond donors (Lipinski definition) is 1. The van der Waals surface area contributed by atoms with Crippen molar-refractivity contribution in [3.8, 4) is 0 Å². The monoisotopic (exact) mass is 321 g/mol. The molecule has 0 aliphatic carbocycles. The van der Waals surface area contributed by atoms with Gasteiger partial charge >= 0.3 is 12.3 Å². The van der Waals surface area contributed by atoms with Crippen molar-refractivity contribution in [1.29, 1.82) is 0 Å². The van der Waals surface area contributed by atoms with E-state index in [-0.39, 0.29) is 6.61 Å². The van der Waals surface area contributed by atoms with E-state index in [1.807, 2.05) is 0 Å². The van der Waals surface area contributed by atoms with E-state index >= 15 is 0 Å². The summed E-state index contributed by atoms with van der Waals surface area (Å²) in [4.78, 5) is 12.6. The average Bonchev–Trinajstić information content (AvgIpc) is 2.47. The molecular weight excluding hydrogens is 306 g/mol. The Morgan fingerprint density at radius 3 is 2.55 bits per heavy atom. The van der Waals surface area contributed by atoms with E-state index in [9.17, 15) is 27.5 Å². The van der Waals surface area contributed by atoms with Crippen LogP contribution in [-0.2, 0) is 11.3 Å². The Hall–Kier alpha value is -1.83. The second kappa shape index (κ2) is 6.12. The van der Waals surface area contributed by atoms with Gasteiger partial charge in [-0.3, -0.25) is 0 Å². The van der Waals surface area contributed by atoms with Gasteiger partial charge in [0.15, 0.2) is 11.8 Å². The molecule has 1 saturated heterocycles. The maximum absolute atomic E-state index is 13.7. The van der Waals surface area contributed by atoms with Crippen molar-refractivity contribution < 1.29 is 32.2 Å². The molecule has 8 heteroatoms. The number of ether oxygens (including phenoxy) is 1. The second-order valence-corrected chi connectivity index (χ2v) is 5.13. The summed E-state index contributed by atoms with van der Waals surface area (Å²) in [6.45, 7) is -1.34. The highest BCUT2D eigenvalue weighted by atomic mass is 19.4. The van der Waals surface area contributed by atoms with E-state index in [1.165, 1.54) is 0 Å². The number of alkyl halides is 4. The van der Waals surface area contributed by atoms with Crippen LogP contribution < -0.4 is 0 Å². The molecule has 1 amide bonds. The molecule has 0 bridgehead atoms. The van der Waals surface area contributed by atoms with Crippen LogP contribution in [0.25, 0.3) is 0 Å². The van der Waals surface area contributed by atoms with Gasteiger partial charge in [0.25, 0.3) is 0 Å². The number of hydrogen-bond acceptors (Lipinski definition) is 3. The maximum Gasteiger partial charge on any atom is 0.420 e. The Morgan fingerprint density at radius 1 is 1.36 bits per heavy atom. The van der Waals surface area contributed by atoms with Gasteiger partial charge < -0.3 is 14.7 Å². The zero-order valence-corrected chi connectivity index (χ0v) is 11.5. The van der Waals surface area contributed by atoms with E-state index in [0.29, 0.717) is 5.56 Å². The highest BCUT2D eigenvalue weighted by Gasteiger charge is 2.61. The van der Waals surface area contributed by atoms with Crippen LogP contribution in [-0.4, -0.2) is 47.1 Å². The quantitative estimate of drug-likeness (QED) is 0.852. The van der Waals surface area contributed by atoms with Crippen LogP contribution in [0, 0.1) is 0 Å². The van der Waals surface area contributed by atoms with E-state index in [1.54, 1.807) is 30.3 Å². The van der Waals surface area contributed by atoms with Gasteiger partial charge in [0, 0.05) is 13.0 Å². The van der Waals surface area contributed by atoms with Crippen molar-refractivity contribution in [2.45, 2.75) is 31.0 Å². The van der Waals surface area contributed by atoms with Gasteiger partial charge in [0.05, 0.1) is 6.54 Å². The Morgan fingerprint density at radius 2 is 2.00 bits per heavy atom. The number of halogens is 4. The summed E-state index contributed by atoms with van der Waals surface area (Å²) in [6.07, 6.45) is -9.51. The van der Waals surface area contributed by atoms with Crippen molar-refractivity contribution in [1.82, 2.24) is 4.90 Å². The number of likely N-dealkylation sites (tertiary alicyclic amines) is 1. The van der Waals surface area contributed by atoms with Crippen molar-refractivity contribution in [3.63, 3.8) is 0 Å². The Kier molecular flexibility index (Phi) is 4.60. The van der Waals surface area contributed by atoms with Crippen LogP contribution in [0.3, 0.4) is 0 Å². The van der Waals surface area contributed by atoms with Crippen LogP contribution in [0.2, 0.25) is 0 Å². The van der Waals surface area contributed by atoms with Crippen LogP contribution in [0.4, 0.5) is 22.4 Å². The molecule has 1 fully saturated rings. The molecule has 2 rings (SSSR count). The third-order valence-electron chi connectivity index (χ3n) is 3.62. The Balaban J connectivity index is 1.91. The van der Waals surface area contributed by atoms with Gasteiger partial charge in [-0.15, -0.1) is 0 Å². The maximum atomic E-state index is 13.7. The first-order valence-corrected chi connectivity index (χ1v) is 6.63. The van der Waals surface area contributed by atoms with Gasteiger partial charge in [-0.05, 0) is 5.56 Å². The van der Waals surface area contributed by atoms with Gasteiger partial charge in [-0.1, -0.05) is 30.3 Å². The summed E-state index contributed by atoms with van der Waals surface area (Å²) in [7, 11) is 0. The van der Waals surface area contributed by atoms with Crippen LogP contribution in [0.1, 0.15) is 12.0 Å². The van der Waals surface area contributed by atoms with Gasteiger partial charge in [0.1, 0.15) is 6.61 Å². The lowest BCUT2D eigenvalue weighted by molar-refractivity contribution is -0.291. The van der Waals surface area contributed by atoms with Crippen molar-refractivity contribution in [2.75, 3.05) is 13.1 Å². The number of carbonyl (C=O) groups is 1. The van der Waals surface area contributed by atoms with Crippen LogP contribution in [0.15, 0.2) is 30.3 Å². The number of benzene rings is 1. The zero-order valence-electron chi connectivity index (χ0n) is 11.5. The summed E-state index contributed by atoms with van der Waals surface area (Å²) in [5, 5.41) is 9.40. The smallest absolute Gasteiger partial charge is 0.420 e. The van der Waals surface area contributed by atoms with E-state index in [4.69, 9.17) is 4.74 Å². The molecule has 22 heavy (non-hydrogen) atoms. The summed E-state index contributed by atoms with van der Waals surface area (Å²) < 4.78 is 56.6. The Labute approximate surface area is 124 Å². The van der Waals surface area contributed by atoms with Crippen LogP contribution >= 0.6 is 0 Å². The Bertz CT molecular complexity index is 523. The third-order valence-corrected chi connectivity index (χ3v) is 3.62. The number of rotatable bonds is 2. The molecule has 0 saturated carbocycles. The predicted molar refractivity (Wildman–Crippen MR) is 68.7 cm³/mol. The fourth-order valence-electron chi connectivity index (χ4n) is 2.19. The number of nitrogens with zero attached hydrogens (tertiary/aromatic N) is 1. The molecule has 1 aromatic rings. The normalized spacial score (nSPS) is 25.9. The molecule has 1 N–H and O–H groups in total. The zero-order chi connectivity index (χ0) is 16.4. The summed E-state index contributed by atoms with van der Waals surface area (Å²) in [5.74, 6) is 0. The molecule has 0 radical (unpaired) electrons. The molecule has 4 nitrogen and oxygen atoms in total. The van der Waals surface area contributed by atoms with E-state index in [2.05, 4.69) is 0 Å². The SMILES string of the molecule is O=C(OCc1ccccc1)N1CC[C@](O)(C(F)(F)F)[C@H](F)C1. The average molecular weight is 321 g/mol. The predicted octanol–water partition coefficient (Wildman–Crippen LogP) is 2.66. The first-order chi connectivity index (χ1) is 10.2. The third kappa shape index (κ3) is 3.32. The fourth-order valence-corrected chi connectivity index (χ4v) is 2.19. The van der Waals surface area contributed by atoms with E-state index in [0.717, 1.165) is 4.90 Å². The first-order valence-electron chi connectivity index (χ1n) is 6.63. The molecule has 0 unspecified atom stereocenters. The molecule has 0 spiro atoms. The lowest BCUT2D eigenvalue weighted by Crippen LogP contribution is -2.62. The minimum atomic E-state index is -5.08. The van der Waals surface area contributed by atoms with E-state index < -0.39 is 43.6 Å². The molecular formula is C14H15F4NO3. The number of aliphatic hydroxyl groups is 1. The molecule has 1 aliphatic heterocycles. The first kappa shape index (κ1) is 16.5. The molecule has 122 valence electrons. The van der Waals surface area contributed by atoms with Crippen molar-refractivity contribution in [3.05, 3.63) is 35.9 Å². The van der Waals surface area contributed by atoms with Crippen LogP contribution in [0.5, 0.6) is 0 Å². The number of amides is 1.